The summed E-state index contributed by atoms with van der Waals surface area (Å²) < 4.78 is 23.1. The second kappa shape index (κ2) is 3.19. The quantitative estimate of drug-likeness (QED) is 0.634. The molecule has 0 aliphatic carbocycles. The first-order valence-corrected chi connectivity index (χ1v) is 6.59. The van der Waals surface area contributed by atoms with Crippen molar-refractivity contribution in [3.05, 3.63) is 59.7 Å². The largest absolute Gasteiger partial charge is 0.218 e. The van der Waals surface area contributed by atoms with E-state index in [-0.39, 0.29) is 0 Å². The van der Waals surface area contributed by atoms with Crippen molar-refractivity contribution in [3.8, 4) is 0 Å². The van der Waals surface area contributed by atoms with Gasteiger partial charge in [-0.15, -0.1) is 0 Å². The maximum Gasteiger partial charge on any atom is 0.209 e. The first kappa shape index (κ1) is 9.60. The summed E-state index contributed by atoms with van der Waals surface area (Å²) in [5.74, 6) is 0. The van der Waals surface area contributed by atoms with Crippen LogP contribution >= 0.6 is 0 Å². The Morgan fingerprint density at radius 1 is 0.875 bits per heavy atom. The van der Waals surface area contributed by atoms with E-state index in [1.54, 1.807) is 6.07 Å². The molecule has 1 heterocycles. The van der Waals surface area contributed by atoms with Gasteiger partial charge in [0.25, 0.3) is 0 Å². The third-order valence-corrected chi connectivity index (χ3v) is 4.55. The summed E-state index contributed by atoms with van der Waals surface area (Å²) in [5.41, 5.74) is 2.04. The monoisotopic (exact) mass is 230 g/mol. The van der Waals surface area contributed by atoms with Crippen molar-refractivity contribution < 1.29 is 8.42 Å². The van der Waals surface area contributed by atoms with E-state index in [0.717, 1.165) is 11.1 Å². The lowest BCUT2D eigenvalue weighted by Crippen LogP contribution is -1.87. The van der Waals surface area contributed by atoms with Crippen molar-refractivity contribution in [1.82, 2.24) is 0 Å². The molecule has 0 aromatic heterocycles. The van der Waals surface area contributed by atoms with Gasteiger partial charge in [0.05, 0.1) is 9.79 Å². The van der Waals surface area contributed by atoms with E-state index in [4.69, 9.17) is 0 Å². The molecule has 2 nitrogen and oxygen atoms in total. The van der Waals surface area contributed by atoms with Crippen LogP contribution in [-0.4, -0.2) is 8.42 Å². The van der Waals surface area contributed by atoms with E-state index < -0.39 is 9.84 Å². The van der Waals surface area contributed by atoms with Crippen LogP contribution in [0.15, 0.2) is 58.3 Å². The Bertz CT molecular complexity index is 643. The lowest BCUT2D eigenvalue weighted by atomic mass is 10.1. The van der Waals surface area contributed by atoms with Gasteiger partial charge in [-0.1, -0.05) is 42.5 Å². The molecule has 0 N–H and O–H groups in total. The van der Waals surface area contributed by atoms with E-state index in [2.05, 4.69) is 0 Å². The summed E-state index contributed by atoms with van der Waals surface area (Å²) in [6, 6.07) is 15.3. The highest BCUT2D eigenvalue weighted by Crippen LogP contribution is 2.43. The first-order chi connectivity index (χ1) is 7.69. The lowest BCUT2D eigenvalue weighted by molar-refractivity contribution is 0.611. The van der Waals surface area contributed by atoms with Gasteiger partial charge in [0.15, 0.2) is 0 Å². The van der Waals surface area contributed by atoms with Crippen LogP contribution < -0.4 is 0 Å². The molecular formula is C13H10O2S. The van der Waals surface area contributed by atoms with Gasteiger partial charge in [0.2, 0.25) is 9.84 Å². The lowest BCUT2D eigenvalue weighted by Gasteiger charge is -1.99. The highest BCUT2D eigenvalue weighted by atomic mass is 32.2. The summed E-state index contributed by atoms with van der Waals surface area (Å²) >= 11 is 0. The average molecular weight is 230 g/mol. The molecule has 0 atom stereocenters. The van der Waals surface area contributed by atoms with Crippen molar-refractivity contribution in [2.45, 2.75) is 16.2 Å². The van der Waals surface area contributed by atoms with Crippen LogP contribution in [0.4, 0.5) is 0 Å². The van der Waals surface area contributed by atoms with Crippen LogP contribution in [0.2, 0.25) is 0 Å². The van der Waals surface area contributed by atoms with Crippen LogP contribution in [0.3, 0.4) is 0 Å². The van der Waals surface area contributed by atoms with Crippen molar-refractivity contribution in [2.24, 2.45) is 0 Å². The normalized spacial score (nSPS) is 15.5. The standard InChI is InChI=1S/C13H10O2S/c14-16(15)12-8-4-7-11(13(12)16)9-10-5-2-1-3-6-10/h1-8H,9H2. The third kappa shape index (κ3) is 1.36. The molecule has 1 aliphatic heterocycles. The fraction of sp³-hybridized carbons (Fsp3) is 0.0769. The fourth-order valence-corrected chi connectivity index (χ4v) is 3.55. The van der Waals surface area contributed by atoms with E-state index in [0.29, 0.717) is 16.2 Å². The first-order valence-electron chi connectivity index (χ1n) is 5.10. The number of hydrogen-bond donors (Lipinski definition) is 0. The van der Waals surface area contributed by atoms with Gasteiger partial charge < -0.3 is 0 Å². The van der Waals surface area contributed by atoms with Gasteiger partial charge in [0.1, 0.15) is 0 Å². The van der Waals surface area contributed by atoms with Crippen LogP contribution in [0.5, 0.6) is 0 Å². The molecule has 0 saturated carbocycles. The van der Waals surface area contributed by atoms with Crippen LogP contribution in [0, 0.1) is 0 Å². The number of fused-ring (bicyclic) bond motifs is 1. The number of benzene rings is 2. The molecule has 16 heavy (non-hydrogen) atoms. The molecule has 0 spiro atoms. The van der Waals surface area contributed by atoms with Gasteiger partial charge in [-0.05, 0) is 23.6 Å². The molecule has 3 rings (SSSR count). The molecule has 80 valence electrons. The molecular weight excluding hydrogens is 220 g/mol. The van der Waals surface area contributed by atoms with Gasteiger partial charge in [0, 0.05) is 0 Å². The van der Waals surface area contributed by atoms with Gasteiger partial charge in [-0.3, -0.25) is 0 Å². The second-order valence-electron chi connectivity index (χ2n) is 3.91. The Kier molecular flexibility index (Phi) is 1.91. The van der Waals surface area contributed by atoms with E-state index in [1.165, 1.54) is 0 Å². The average Bonchev–Trinajstić information content (AvgIpc) is 2.85. The van der Waals surface area contributed by atoms with Crippen LogP contribution in [0.1, 0.15) is 11.1 Å². The zero-order chi connectivity index (χ0) is 11.2. The molecule has 0 radical (unpaired) electrons. The molecule has 0 saturated heterocycles. The molecule has 0 bridgehead atoms. The van der Waals surface area contributed by atoms with Crippen molar-refractivity contribution >= 4 is 9.84 Å². The number of hydrogen-bond acceptors (Lipinski definition) is 2. The van der Waals surface area contributed by atoms with Gasteiger partial charge >= 0.3 is 0 Å². The highest BCUT2D eigenvalue weighted by Gasteiger charge is 2.41. The Labute approximate surface area is 94.5 Å². The Balaban J connectivity index is 2.01. The van der Waals surface area contributed by atoms with Crippen molar-refractivity contribution in [1.29, 1.82) is 0 Å². The minimum Gasteiger partial charge on any atom is -0.218 e. The minimum atomic E-state index is -3.03. The fourth-order valence-electron chi connectivity index (χ4n) is 1.99. The molecule has 1 aliphatic rings. The van der Waals surface area contributed by atoms with Gasteiger partial charge in [-0.2, -0.15) is 0 Å². The predicted molar refractivity (Wildman–Crippen MR) is 61.1 cm³/mol. The summed E-state index contributed by atoms with van der Waals surface area (Å²) in [5, 5.41) is 0. The maximum atomic E-state index is 11.5. The van der Waals surface area contributed by atoms with E-state index in [9.17, 15) is 8.42 Å². The second-order valence-corrected chi connectivity index (χ2v) is 5.77. The van der Waals surface area contributed by atoms with Crippen molar-refractivity contribution in [2.75, 3.05) is 0 Å². The predicted octanol–water partition coefficient (Wildman–Crippen LogP) is 2.42. The van der Waals surface area contributed by atoms with Crippen LogP contribution in [-0.2, 0) is 16.3 Å². The number of rotatable bonds is 2. The molecule has 2 aromatic carbocycles. The Hall–Kier alpha value is -1.61. The SMILES string of the molecule is O=S1(=O)c2cccc(Cc3ccccc3)c21. The van der Waals surface area contributed by atoms with Crippen molar-refractivity contribution in [3.63, 3.8) is 0 Å². The van der Waals surface area contributed by atoms with Crippen LogP contribution in [0.25, 0.3) is 0 Å². The summed E-state index contributed by atoms with van der Waals surface area (Å²) in [7, 11) is -3.03. The highest BCUT2D eigenvalue weighted by molar-refractivity contribution is 7.97. The smallest absolute Gasteiger partial charge is 0.209 e. The molecule has 2 aromatic rings. The topological polar surface area (TPSA) is 34.1 Å². The van der Waals surface area contributed by atoms with Gasteiger partial charge in [-0.25, -0.2) is 8.42 Å². The number of sulfone groups is 1. The summed E-state index contributed by atoms with van der Waals surface area (Å²) in [6.45, 7) is 0. The molecule has 0 amide bonds. The molecule has 3 heteroatoms. The Morgan fingerprint density at radius 3 is 2.38 bits per heavy atom. The maximum absolute atomic E-state index is 11.5. The van der Waals surface area contributed by atoms with E-state index >= 15 is 0 Å². The molecule has 0 unspecified atom stereocenters. The Morgan fingerprint density at radius 2 is 1.62 bits per heavy atom. The van der Waals surface area contributed by atoms with E-state index in [1.807, 2.05) is 42.5 Å². The molecule has 0 fully saturated rings. The zero-order valence-electron chi connectivity index (χ0n) is 8.55. The zero-order valence-corrected chi connectivity index (χ0v) is 9.37. The summed E-state index contributed by atoms with van der Waals surface area (Å²) in [4.78, 5) is 1.04. The third-order valence-electron chi connectivity index (χ3n) is 2.81. The summed E-state index contributed by atoms with van der Waals surface area (Å²) in [6.07, 6.45) is 0.684. The minimum absolute atomic E-state index is 0.501.